The summed E-state index contributed by atoms with van der Waals surface area (Å²) in [5, 5.41) is 16.6. The maximum absolute atomic E-state index is 14.6. The molecule has 0 bridgehead atoms. The predicted octanol–water partition coefficient (Wildman–Crippen LogP) is 5.86. The van der Waals surface area contributed by atoms with Gasteiger partial charge >= 0.3 is 5.97 Å². The van der Waals surface area contributed by atoms with E-state index in [-0.39, 0.29) is 36.0 Å². The third kappa shape index (κ3) is 7.92. The Morgan fingerprint density at radius 1 is 0.796 bits per heavy atom. The molecule has 6 rings (SSSR count). The van der Waals surface area contributed by atoms with Gasteiger partial charge in [-0.1, -0.05) is 115 Å². The summed E-state index contributed by atoms with van der Waals surface area (Å²) in [4.78, 5) is 60.7. The fourth-order valence-electron chi connectivity index (χ4n) is 7.27. The molecule has 11 heteroatoms. The number of carbonyl (C=O) groups is 4. The fourth-order valence-corrected chi connectivity index (χ4v) is 12.9. The highest BCUT2D eigenvalue weighted by atomic mass is 31.2. The van der Waals surface area contributed by atoms with E-state index in [0.717, 1.165) is 21.5 Å². The quantitative estimate of drug-likeness (QED) is 0.0630. The summed E-state index contributed by atoms with van der Waals surface area (Å²) in [7, 11) is -2.14. The molecule has 2 heterocycles. The van der Waals surface area contributed by atoms with Gasteiger partial charge in [0.2, 0.25) is 5.91 Å². The van der Waals surface area contributed by atoms with Crippen LogP contribution in [-0.4, -0.2) is 64.4 Å². The molecule has 276 valence electrons. The van der Waals surface area contributed by atoms with Crippen LogP contribution in [-0.2, 0) is 20.6 Å². The molecule has 5 aromatic rings. The highest BCUT2D eigenvalue weighted by Crippen LogP contribution is 2.50. The minimum absolute atomic E-state index is 0.0370. The number of rotatable bonds is 14. The standard InChI is InChI=1S/C43H44N3O6PSi/c1-30(52-54(2,3)4)39-37(27-38(47)32-24-22-31(23-25-32)28-45-40(48)33-15-14-26-44-29-33)46(41(39)49)42(43(50)51)53(34-16-8-5-9-17-34,35-18-10-6-11-19-35)36-20-12-7-13-21-36/h5-26,29-30,37,39H,27-28H2,1-4H3,(H,45,48)(H,50,51)/t30-,37-,39-/m1/s1. The van der Waals surface area contributed by atoms with Gasteiger partial charge in [0.25, 0.3) is 5.91 Å². The highest BCUT2D eigenvalue weighted by Gasteiger charge is 2.56. The van der Waals surface area contributed by atoms with Crippen molar-refractivity contribution in [3.63, 3.8) is 0 Å². The summed E-state index contributed by atoms with van der Waals surface area (Å²) >= 11 is 0. The lowest BCUT2D eigenvalue weighted by atomic mass is 9.79. The Morgan fingerprint density at radius 2 is 1.33 bits per heavy atom. The van der Waals surface area contributed by atoms with E-state index < -0.39 is 39.2 Å². The molecule has 1 aliphatic heterocycles. The van der Waals surface area contributed by atoms with E-state index in [0.29, 0.717) is 11.1 Å². The molecule has 0 unspecified atom stereocenters. The van der Waals surface area contributed by atoms with Gasteiger partial charge in [0.15, 0.2) is 14.1 Å². The minimum Gasteiger partial charge on any atom is -0.477 e. The Hall–Kier alpha value is -5.41. The molecule has 54 heavy (non-hydrogen) atoms. The number of aliphatic carboxylic acids is 1. The van der Waals surface area contributed by atoms with Crippen molar-refractivity contribution in [2.75, 3.05) is 0 Å². The Balaban J connectivity index is 1.44. The number of ketones is 1. The van der Waals surface area contributed by atoms with Gasteiger partial charge in [-0.05, 0) is 60.2 Å². The topological polar surface area (TPSA) is 126 Å². The van der Waals surface area contributed by atoms with Gasteiger partial charge in [0.05, 0.1) is 23.6 Å². The van der Waals surface area contributed by atoms with Crippen LogP contribution in [0.4, 0.5) is 0 Å². The van der Waals surface area contributed by atoms with Crippen LogP contribution in [0.1, 0.15) is 39.6 Å². The first-order valence-electron chi connectivity index (χ1n) is 17.9. The number of pyridine rings is 1. The van der Waals surface area contributed by atoms with Gasteiger partial charge < -0.3 is 19.7 Å². The summed E-state index contributed by atoms with van der Waals surface area (Å²) in [6.45, 7) is 4.98. The van der Waals surface area contributed by atoms with Gasteiger partial charge in [-0.15, -0.1) is 0 Å². The zero-order chi connectivity index (χ0) is 38.5. The van der Waals surface area contributed by atoms with Crippen molar-refractivity contribution in [2.24, 2.45) is 5.92 Å². The second-order valence-electron chi connectivity index (χ2n) is 14.3. The number of nitrogens with one attached hydrogen (secondary N) is 1. The fraction of sp³-hybridized carbons (Fsp3) is 0.209. The van der Waals surface area contributed by atoms with Crippen LogP contribution < -0.4 is 21.2 Å². The summed E-state index contributed by atoms with van der Waals surface area (Å²) in [6.07, 6.45) is 2.44. The van der Waals surface area contributed by atoms with E-state index >= 15 is 0 Å². The molecule has 1 fully saturated rings. The summed E-state index contributed by atoms with van der Waals surface area (Å²) in [5.74, 6) is -2.82. The van der Waals surface area contributed by atoms with Crippen molar-refractivity contribution in [1.29, 1.82) is 0 Å². The van der Waals surface area contributed by atoms with E-state index in [4.69, 9.17) is 4.43 Å². The molecule has 2 amide bonds. The van der Waals surface area contributed by atoms with Crippen molar-refractivity contribution >= 4 is 60.1 Å². The SMILES string of the molecule is C[C@@H](O[Si](C)(C)C)[C@H]1C(=O)N(C(C(=O)O)=P(c2ccccc2)(c2ccccc2)c2ccccc2)[C@@H]1CC(=O)c1ccc(CNC(=O)c2cccnc2)cc1. The second-order valence-corrected chi connectivity index (χ2v) is 22.1. The lowest BCUT2D eigenvalue weighted by Gasteiger charge is -2.51. The van der Waals surface area contributed by atoms with E-state index in [1.165, 1.54) is 11.1 Å². The van der Waals surface area contributed by atoms with Crippen LogP contribution in [0.2, 0.25) is 19.6 Å². The molecule has 9 nitrogen and oxygen atoms in total. The highest BCUT2D eigenvalue weighted by molar-refractivity contribution is 7.96. The van der Waals surface area contributed by atoms with Crippen LogP contribution in [0.25, 0.3) is 0 Å². The third-order valence-electron chi connectivity index (χ3n) is 9.53. The van der Waals surface area contributed by atoms with Gasteiger partial charge in [-0.2, -0.15) is 0 Å². The Bertz CT molecular complexity index is 2070. The first-order valence-corrected chi connectivity index (χ1v) is 23.1. The average Bonchev–Trinajstić information content (AvgIpc) is 3.17. The number of carboxylic acid groups (broad SMARTS) is 1. The molecule has 3 atom stereocenters. The van der Waals surface area contributed by atoms with Gasteiger partial charge in [-0.25, -0.2) is 4.79 Å². The number of aromatic nitrogens is 1. The molecule has 0 aliphatic carbocycles. The molecule has 0 radical (unpaired) electrons. The molecule has 0 saturated carbocycles. The van der Waals surface area contributed by atoms with Crippen molar-refractivity contribution in [2.45, 2.75) is 51.7 Å². The number of carboxylic acids is 1. The first kappa shape index (κ1) is 38.3. The predicted molar refractivity (Wildman–Crippen MR) is 217 cm³/mol. The van der Waals surface area contributed by atoms with Crippen LogP contribution in [0.3, 0.4) is 0 Å². The Labute approximate surface area is 317 Å². The summed E-state index contributed by atoms with van der Waals surface area (Å²) in [6, 6.07) is 38.1. The molecule has 4 aromatic carbocycles. The van der Waals surface area contributed by atoms with Crippen molar-refractivity contribution in [3.8, 4) is 0 Å². The molecular weight excluding hydrogens is 714 g/mol. The second kappa shape index (κ2) is 16.3. The van der Waals surface area contributed by atoms with Crippen LogP contribution in [0.5, 0.6) is 0 Å². The van der Waals surface area contributed by atoms with Crippen molar-refractivity contribution < 1.29 is 28.7 Å². The Kier molecular flexibility index (Phi) is 11.6. The molecule has 1 saturated heterocycles. The van der Waals surface area contributed by atoms with E-state index in [9.17, 15) is 24.3 Å². The van der Waals surface area contributed by atoms with Crippen LogP contribution >= 0.6 is 6.89 Å². The number of likely N-dealkylation sites (tertiary alicyclic amines) is 1. The number of β-lactam (4-membered cyclic amide) rings is 1. The van der Waals surface area contributed by atoms with E-state index in [1.54, 1.807) is 42.6 Å². The first-order chi connectivity index (χ1) is 25.9. The molecule has 0 spiro atoms. The number of hydrogen-bond acceptors (Lipinski definition) is 6. The molecular formula is C43H44N3O6PSi. The van der Waals surface area contributed by atoms with Crippen molar-refractivity contribution in [3.05, 3.63) is 156 Å². The zero-order valence-corrected chi connectivity index (χ0v) is 32.6. The van der Waals surface area contributed by atoms with Gasteiger partial charge in [0.1, 0.15) is 5.42 Å². The molecule has 2 N–H and O–H groups in total. The smallest absolute Gasteiger partial charge is 0.353 e. The average molecular weight is 758 g/mol. The lowest BCUT2D eigenvalue weighted by Crippen LogP contribution is -2.69. The van der Waals surface area contributed by atoms with E-state index in [2.05, 4.69) is 10.3 Å². The Morgan fingerprint density at radius 3 is 1.80 bits per heavy atom. The molecule has 1 aliphatic rings. The van der Waals surface area contributed by atoms with Crippen LogP contribution in [0.15, 0.2) is 140 Å². The maximum Gasteiger partial charge on any atom is 0.353 e. The minimum atomic E-state index is -3.23. The maximum atomic E-state index is 14.6. The number of Topliss-reactive ketones (excluding diaryl/α,β-unsaturated/α-hetero) is 1. The number of carbonyl (C=O) groups excluding carboxylic acids is 3. The summed E-state index contributed by atoms with van der Waals surface area (Å²) < 4.78 is 6.45. The zero-order valence-electron chi connectivity index (χ0n) is 30.8. The summed E-state index contributed by atoms with van der Waals surface area (Å²) in [5.41, 5.74) is 1.62. The number of hydrogen-bond donors (Lipinski definition) is 2. The third-order valence-corrected chi connectivity index (χ3v) is 14.9. The van der Waals surface area contributed by atoms with Crippen molar-refractivity contribution in [1.82, 2.24) is 15.2 Å². The number of amides is 2. The number of benzene rings is 4. The van der Waals surface area contributed by atoms with Gasteiger partial charge in [0, 0.05) is 37.8 Å². The monoisotopic (exact) mass is 757 g/mol. The largest absolute Gasteiger partial charge is 0.477 e. The lowest BCUT2D eigenvalue weighted by molar-refractivity contribution is -0.155. The molecule has 1 aromatic heterocycles. The van der Waals surface area contributed by atoms with Crippen LogP contribution in [0, 0.1) is 5.92 Å². The normalized spacial score (nSPS) is 16.2. The van der Waals surface area contributed by atoms with Gasteiger partial charge in [-0.3, -0.25) is 19.4 Å². The van der Waals surface area contributed by atoms with E-state index in [1.807, 2.05) is 118 Å². The number of nitrogens with zero attached hydrogens (tertiary/aromatic N) is 2.